The van der Waals surface area contributed by atoms with Gasteiger partial charge in [-0.3, -0.25) is 4.79 Å². The zero-order valence-electron chi connectivity index (χ0n) is 24.3. The largest absolute Gasteiger partial charge is 0.494 e. The lowest BCUT2D eigenvalue weighted by molar-refractivity contribution is -0.117. The summed E-state index contributed by atoms with van der Waals surface area (Å²) < 4.78 is 20.6. The molecule has 10 nitrogen and oxygen atoms in total. The van der Waals surface area contributed by atoms with Crippen molar-refractivity contribution in [1.82, 2.24) is 24.4 Å². The summed E-state index contributed by atoms with van der Waals surface area (Å²) in [6, 6.07) is 4.89. The molecule has 0 radical (unpaired) electrons. The Labute approximate surface area is 239 Å². The van der Waals surface area contributed by atoms with Crippen LogP contribution < -0.4 is 14.8 Å². The van der Waals surface area contributed by atoms with Crippen LogP contribution in [0, 0.1) is 11.8 Å². The fourth-order valence-corrected chi connectivity index (χ4v) is 6.46. The van der Waals surface area contributed by atoms with Gasteiger partial charge in [0.1, 0.15) is 22.9 Å². The van der Waals surface area contributed by atoms with Crippen molar-refractivity contribution in [3.05, 3.63) is 23.8 Å². The fourth-order valence-electron chi connectivity index (χ4n) is 4.95. The SMILES string of the molecule is COc1nc2ncsc2c(OC)c1-c1cn(COCC[Si](C)(C)C)c2nc(NC(=O)C3CC3CN(C)C)ccc12. The van der Waals surface area contributed by atoms with Crippen molar-refractivity contribution < 1.29 is 19.0 Å². The first-order valence-electron chi connectivity index (χ1n) is 13.5. The lowest BCUT2D eigenvalue weighted by Crippen LogP contribution is -2.22. The normalized spacial score (nSPS) is 17.1. The Morgan fingerprint density at radius 3 is 2.70 bits per heavy atom. The molecule has 0 aromatic carbocycles. The molecule has 0 aliphatic heterocycles. The second-order valence-corrected chi connectivity index (χ2v) is 18.3. The molecule has 214 valence electrons. The van der Waals surface area contributed by atoms with Crippen LogP contribution >= 0.6 is 11.3 Å². The number of amides is 1. The molecule has 1 fully saturated rings. The molecular weight excluding hydrogens is 544 g/mol. The molecule has 1 saturated carbocycles. The number of carbonyl (C=O) groups is 1. The summed E-state index contributed by atoms with van der Waals surface area (Å²) in [6.45, 7) is 8.92. The number of aromatic nitrogens is 4. The topological polar surface area (TPSA) is 104 Å². The van der Waals surface area contributed by atoms with Crippen LogP contribution in [0.4, 0.5) is 5.82 Å². The molecule has 0 bridgehead atoms. The van der Waals surface area contributed by atoms with Gasteiger partial charge in [-0.05, 0) is 44.6 Å². The monoisotopic (exact) mass is 582 g/mol. The third-order valence-corrected chi connectivity index (χ3v) is 9.65. The van der Waals surface area contributed by atoms with Crippen molar-refractivity contribution in [3.8, 4) is 22.8 Å². The highest BCUT2D eigenvalue weighted by Crippen LogP contribution is 2.46. The molecule has 1 N–H and O–H groups in total. The minimum atomic E-state index is -1.24. The van der Waals surface area contributed by atoms with E-state index in [1.165, 1.54) is 11.3 Å². The highest BCUT2D eigenvalue weighted by atomic mass is 32.1. The van der Waals surface area contributed by atoms with E-state index < -0.39 is 8.07 Å². The first-order valence-corrected chi connectivity index (χ1v) is 18.1. The molecule has 0 saturated heterocycles. The average Bonchev–Trinajstić information content (AvgIpc) is 3.34. The van der Waals surface area contributed by atoms with E-state index in [0.29, 0.717) is 48.0 Å². The summed E-state index contributed by atoms with van der Waals surface area (Å²) in [7, 11) is 6.07. The molecule has 12 heteroatoms. The Bertz CT molecular complexity index is 1530. The van der Waals surface area contributed by atoms with E-state index in [0.717, 1.165) is 40.2 Å². The number of carbonyl (C=O) groups excluding carboxylic acids is 1. The molecule has 2 unspecified atom stereocenters. The van der Waals surface area contributed by atoms with E-state index in [1.54, 1.807) is 19.7 Å². The van der Waals surface area contributed by atoms with Gasteiger partial charge in [-0.25, -0.2) is 9.97 Å². The predicted molar refractivity (Wildman–Crippen MR) is 162 cm³/mol. The number of anilines is 1. The highest BCUT2D eigenvalue weighted by Gasteiger charge is 2.43. The maximum atomic E-state index is 12.9. The molecule has 40 heavy (non-hydrogen) atoms. The average molecular weight is 583 g/mol. The Morgan fingerprint density at radius 1 is 1.20 bits per heavy atom. The van der Waals surface area contributed by atoms with Crippen molar-refractivity contribution in [2.24, 2.45) is 11.8 Å². The van der Waals surface area contributed by atoms with Gasteiger partial charge in [-0.1, -0.05) is 19.6 Å². The third kappa shape index (κ3) is 5.99. The van der Waals surface area contributed by atoms with Crippen molar-refractivity contribution in [3.63, 3.8) is 0 Å². The van der Waals surface area contributed by atoms with Gasteiger partial charge in [0.25, 0.3) is 0 Å². The maximum Gasteiger partial charge on any atom is 0.228 e. The molecule has 4 aromatic rings. The Kier molecular flexibility index (Phi) is 8.14. The number of thiazole rings is 1. The zero-order valence-corrected chi connectivity index (χ0v) is 26.1. The Hall–Kier alpha value is -3.06. The smallest absolute Gasteiger partial charge is 0.228 e. The third-order valence-electron chi connectivity index (χ3n) is 7.13. The van der Waals surface area contributed by atoms with Gasteiger partial charge in [0.15, 0.2) is 11.4 Å². The summed E-state index contributed by atoms with van der Waals surface area (Å²) in [4.78, 5) is 29.0. The molecule has 0 spiro atoms. The van der Waals surface area contributed by atoms with Crippen LogP contribution in [0.1, 0.15) is 6.42 Å². The Morgan fingerprint density at radius 2 is 2.00 bits per heavy atom. The Balaban J connectivity index is 1.52. The first kappa shape index (κ1) is 28.5. The lowest BCUT2D eigenvalue weighted by atomic mass is 10.1. The standard InChI is InChI=1S/C28H38N6O4SSi/c1-33(2)13-17-12-19(17)27(35)31-21-9-8-18-20(14-34(26(18)30-21)16-38-10-11-40(5,6)7)22-23(36-3)24-25(29-15-39-24)32-28(22)37-4/h8-9,14-15,17,19H,10-13,16H2,1-7H3,(H,30,31,35). The fraction of sp³-hybridized carbons (Fsp3) is 0.500. The molecular formula is C28H38N6O4SSi. The van der Waals surface area contributed by atoms with Gasteiger partial charge in [0, 0.05) is 44.3 Å². The number of hydrogen-bond acceptors (Lipinski definition) is 9. The van der Waals surface area contributed by atoms with E-state index >= 15 is 0 Å². The van der Waals surface area contributed by atoms with Crippen LogP contribution in [0.2, 0.25) is 25.7 Å². The quantitative estimate of drug-likeness (QED) is 0.180. The summed E-state index contributed by atoms with van der Waals surface area (Å²) in [5.74, 6) is 2.04. The van der Waals surface area contributed by atoms with Crippen LogP contribution in [-0.4, -0.2) is 79.9 Å². The molecule has 2 atom stereocenters. The van der Waals surface area contributed by atoms with Crippen molar-refractivity contribution in [1.29, 1.82) is 0 Å². The second kappa shape index (κ2) is 11.4. The molecule has 4 aromatic heterocycles. The van der Waals surface area contributed by atoms with Crippen molar-refractivity contribution in [2.75, 3.05) is 46.8 Å². The van der Waals surface area contributed by atoms with E-state index in [1.807, 2.05) is 37.0 Å². The maximum absolute atomic E-state index is 12.9. The van der Waals surface area contributed by atoms with Crippen molar-refractivity contribution >= 4 is 52.5 Å². The minimum absolute atomic E-state index is 0.0200. The van der Waals surface area contributed by atoms with E-state index in [-0.39, 0.29) is 11.8 Å². The second-order valence-electron chi connectivity index (χ2n) is 11.8. The lowest BCUT2D eigenvalue weighted by Gasteiger charge is -2.15. The van der Waals surface area contributed by atoms with Gasteiger partial charge in [-0.15, -0.1) is 11.3 Å². The van der Waals surface area contributed by atoms with Gasteiger partial charge < -0.3 is 29.0 Å². The summed E-state index contributed by atoms with van der Waals surface area (Å²) in [6.07, 6.45) is 2.91. The minimum Gasteiger partial charge on any atom is -0.494 e. The molecule has 1 aliphatic carbocycles. The molecule has 1 amide bonds. The van der Waals surface area contributed by atoms with E-state index in [4.69, 9.17) is 19.2 Å². The van der Waals surface area contributed by atoms with Crippen LogP contribution in [0.3, 0.4) is 0 Å². The zero-order chi connectivity index (χ0) is 28.6. The number of hydrogen-bond donors (Lipinski definition) is 1. The predicted octanol–water partition coefficient (Wildman–Crippen LogP) is 5.17. The van der Waals surface area contributed by atoms with E-state index in [2.05, 4.69) is 39.8 Å². The van der Waals surface area contributed by atoms with Gasteiger partial charge in [0.05, 0.1) is 25.3 Å². The number of methoxy groups -OCH3 is 2. The van der Waals surface area contributed by atoms with Gasteiger partial charge in [-0.2, -0.15) is 4.98 Å². The first-order chi connectivity index (χ1) is 19.1. The summed E-state index contributed by atoms with van der Waals surface area (Å²) in [5, 5.41) is 3.92. The number of fused-ring (bicyclic) bond motifs is 2. The number of ether oxygens (including phenoxy) is 3. The molecule has 1 aliphatic rings. The number of rotatable bonds is 12. The number of nitrogens with one attached hydrogen (secondary N) is 1. The van der Waals surface area contributed by atoms with Crippen molar-refractivity contribution in [2.45, 2.75) is 38.8 Å². The van der Waals surface area contributed by atoms with Crippen LogP contribution in [0.5, 0.6) is 11.6 Å². The highest BCUT2D eigenvalue weighted by molar-refractivity contribution is 7.17. The van der Waals surface area contributed by atoms with Gasteiger partial charge >= 0.3 is 0 Å². The summed E-state index contributed by atoms with van der Waals surface area (Å²) in [5.41, 5.74) is 4.62. The van der Waals surface area contributed by atoms with Crippen LogP contribution in [-0.2, 0) is 16.3 Å². The van der Waals surface area contributed by atoms with E-state index in [9.17, 15) is 4.79 Å². The number of nitrogens with zero attached hydrogens (tertiary/aromatic N) is 5. The number of pyridine rings is 2. The summed E-state index contributed by atoms with van der Waals surface area (Å²) >= 11 is 1.47. The van der Waals surface area contributed by atoms with Gasteiger partial charge in [0.2, 0.25) is 11.8 Å². The van der Waals surface area contributed by atoms with Crippen LogP contribution in [0.25, 0.3) is 32.5 Å². The van der Waals surface area contributed by atoms with Crippen LogP contribution in [0.15, 0.2) is 23.8 Å². The molecule has 5 rings (SSSR count). The molecule has 4 heterocycles.